The maximum Gasteiger partial charge on any atom is 0.331 e. The molecule has 7 rings (SSSR count). The number of furan rings is 1. The first-order valence-corrected chi connectivity index (χ1v) is 17.0. The first-order chi connectivity index (χ1) is 22.3. The Bertz CT molecular complexity index is 1610. The van der Waals surface area contributed by atoms with E-state index in [4.69, 9.17) is 23.4 Å². The van der Waals surface area contributed by atoms with Crippen molar-refractivity contribution in [1.29, 1.82) is 0 Å². The molecule has 0 bridgehead atoms. The summed E-state index contributed by atoms with van der Waals surface area (Å²) in [5, 5.41) is 0. The van der Waals surface area contributed by atoms with Crippen LogP contribution in [-0.4, -0.2) is 48.9 Å². The SMILES string of the molecule is CC(=O)O[C@H]1C[C@@H](OC(C)=O)[C@@]2(C)CO[C@H]3[C@@H](OC(=O)/C=C/c4ccccc4)[C@@]4(C)C5=CC[C@@H](c6ccoc6)[C@]5(C)CC[C@H]4[C@]1(C)[C@@H]32. The molecule has 1 aromatic carbocycles. The third-order valence-electron chi connectivity index (χ3n) is 13.0. The number of hydrogen-bond donors (Lipinski definition) is 0. The topological polar surface area (TPSA) is 101 Å². The molecule has 1 saturated heterocycles. The van der Waals surface area contributed by atoms with Crippen LogP contribution >= 0.6 is 0 Å². The number of carbonyl (C=O) groups is 3. The minimum absolute atomic E-state index is 0.0155. The molecule has 11 atom stereocenters. The van der Waals surface area contributed by atoms with Gasteiger partial charge in [-0.25, -0.2) is 4.79 Å². The van der Waals surface area contributed by atoms with E-state index >= 15 is 0 Å². The summed E-state index contributed by atoms with van der Waals surface area (Å²) in [4.78, 5) is 38.9. The Labute approximate surface area is 276 Å². The molecule has 0 radical (unpaired) electrons. The zero-order valence-corrected chi connectivity index (χ0v) is 28.2. The second kappa shape index (κ2) is 11.2. The van der Waals surface area contributed by atoms with Crippen molar-refractivity contribution in [3.05, 3.63) is 77.8 Å². The number of carbonyl (C=O) groups excluding carboxylic acids is 3. The van der Waals surface area contributed by atoms with Crippen molar-refractivity contribution in [3.8, 4) is 0 Å². The monoisotopic (exact) mass is 642 g/mol. The van der Waals surface area contributed by atoms with Gasteiger partial charge in [0.1, 0.15) is 18.3 Å². The number of allylic oxidation sites excluding steroid dienone is 1. The lowest BCUT2D eigenvalue weighted by molar-refractivity contribution is -0.265. The number of benzene rings is 1. The van der Waals surface area contributed by atoms with E-state index in [1.54, 1.807) is 12.3 Å². The standard InChI is InChI=1S/C39H46O8/c1-23(40)45-30-20-31(46-24(2)41)39(6)29-16-18-36(3)27(26-17-19-43-21-26)13-14-28(36)38(29,5)35(33-34(39)37(30,4)22-44-33)47-32(42)15-12-25-10-8-7-9-11-25/h7-12,14-15,17,19,21,27,29-31,33-35H,13,16,18,20,22H2,1-6H3/b15-12+/t27-,29+,30+,31-,33+,34-,35+,36-,37+,38-,39-/m0/s1. The summed E-state index contributed by atoms with van der Waals surface area (Å²) >= 11 is 0. The van der Waals surface area contributed by atoms with Gasteiger partial charge in [-0.2, -0.15) is 0 Å². The highest BCUT2D eigenvalue weighted by atomic mass is 16.6. The summed E-state index contributed by atoms with van der Waals surface area (Å²) < 4.78 is 31.2. The molecule has 4 aliphatic carbocycles. The van der Waals surface area contributed by atoms with E-state index < -0.39 is 46.6 Å². The summed E-state index contributed by atoms with van der Waals surface area (Å²) in [6.07, 6.45) is 10.1. The smallest absolute Gasteiger partial charge is 0.331 e. The van der Waals surface area contributed by atoms with Crippen LogP contribution in [0.2, 0.25) is 0 Å². The first kappa shape index (κ1) is 31.9. The second-order valence-corrected chi connectivity index (χ2v) is 15.4. The Hall–Kier alpha value is -3.65. The van der Waals surface area contributed by atoms with Crippen molar-refractivity contribution in [2.24, 2.45) is 33.5 Å². The minimum Gasteiger partial charge on any atom is -0.472 e. The predicted molar refractivity (Wildman–Crippen MR) is 174 cm³/mol. The van der Waals surface area contributed by atoms with E-state index in [-0.39, 0.29) is 35.1 Å². The number of esters is 3. The summed E-state index contributed by atoms with van der Waals surface area (Å²) in [6.45, 7) is 12.2. The molecular formula is C39H46O8. The van der Waals surface area contributed by atoms with Gasteiger partial charge in [-0.05, 0) is 59.8 Å². The molecule has 3 saturated carbocycles. The lowest BCUT2D eigenvalue weighted by Crippen LogP contribution is -2.73. The third-order valence-corrected chi connectivity index (χ3v) is 13.0. The highest BCUT2D eigenvalue weighted by Gasteiger charge is 2.78. The van der Waals surface area contributed by atoms with Crippen LogP contribution in [0.25, 0.3) is 6.08 Å². The fraction of sp³-hybridized carbons (Fsp3) is 0.564. The van der Waals surface area contributed by atoms with Gasteiger partial charge < -0.3 is 23.4 Å². The molecule has 2 heterocycles. The van der Waals surface area contributed by atoms with Crippen LogP contribution in [0.1, 0.15) is 84.3 Å². The van der Waals surface area contributed by atoms with Crippen LogP contribution in [0.15, 0.2) is 71.1 Å². The normalized spacial score (nSPS) is 41.7. The van der Waals surface area contributed by atoms with Gasteiger partial charge in [-0.15, -0.1) is 0 Å². The number of ether oxygens (including phenoxy) is 4. The van der Waals surface area contributed by atoms with Crippen molar-refractivity contribution in [3.63, 3.8) is 0 Å². The van der Waals surface area contributed by atoms with E-state index in [2.05, 4.69) is 39.8 Å². The fourth-order valence-electron chi connectivity index (χ4n) is 11.3. The maximum atomic E-state index is 13.8. The lowest BCUT2D eigenvalue weighted by Gasteiger charge is -2.69. The Morgan fingerprint density at radius 1 is 0.936 bits per heavy atom. The Morgan fingerprint density at radius 3 is 2.34 bits per heavy atom. The van der Waals surface area contributed by atoms with E-state index in [9.17, 15) is 14.4 Å². The van der Waals surface area contributed by atoms with Crippen LogP contribution in [-0.2, 0) is 33.3 Å². The summed E-state index contributed by atoms with van der Waals surface area (Å²) in [7, 11) is 0. The molecule has 0 spiro atoms. The van der Waals surface area contributed by atoms with Crippen molar-refractivity contribution >= 4 is 24.0 Å². The maximum absolute atomic E-state index is 13.8. The largest absolute Gasteiger partial charge is 0.472 e. The van der Waals surface area contributed by atoms with Crippen LogP contribution < -0.4 is 0 Å². The Kier molecular flexibility index (Phi) is 7.62. The van der Waals surface area contributed by atoms with Crippen LogP contribution in [0.5, 0.6) is 0 Å². The molecule has 0 unspecified atom stereocenters. The first-order valence-electron chi connectivity index (χ1n) is 17.0. The van der Waals surface area contributed by atoms with Gasteiger partial charge in [0.2, 0.25) is 0 Å². The van der Waals surface area contributed by atoms with E-state index in [1.165, 1.54) is 31.1 Å². The molecule has 8 heteroatoms. The molecule has 2 aromatic rings. The van der Waals surface area contributed by atoms with Gasteiger partial charge >= 0.3 is 17.9 Å². The van der Waals surface area contributed by atoms with Gasteiger partial charge in [-0.1, -0.05) is 69.7 Å². The van der Waals surface area contributed by atoms with Crippen LogP contribution in [0.3, 0.4) is 0 Å². The molecule has 1 aliphatic heterocycles. The van der Waals surface area contributed by atoms with E-state index in [0.717, 1.165) is 24.8 Å². The van der Waals surface area contributed by atoms with Gasteiger partial charge in [0.15, 0.2) is 0 Å². The average Bonchev–Trinajstić information content (AvgIpc) is 3.75. The quantitative estimate of drug-likeness (QED) is 0.143. The highest BCUT2D eigenvalue weighted by molar-refractivity contribution is 5.87. The minimum atomic E-state index is -0.629. The van der Waals surface area contributed by atoms with Crippen molar-refractivity contribution in [2.75, 3.05) is 6.61 Å². The zero-order valence-electron chi connectivity index (χ0n) is 28.2. The molecule has 0 amide bonds. The van der Waals surface area contributed by atoms with Crippen LogP contribution in [0, 0.1) is 33.5 Å². The molecule has 250 valence electrons. The fourth-order valence-corrected chi connectivity index (χ4v) is 11.3. The second-order valence-electron chi connectivity index (χ2n) is 15.4. The summed E-state index contributed by atoms with van der Waals surface area (Å²) in [6, 6.07) is 11.7. The van der Waals surface area contributed by atoms with Crippen LogP contribution in [0.4, 0.5) is 0 Å². The van der Waals surface area contributed by atoms with Crippen molar-refractivity contribution < 1.29 is 37.7 Å². The molecule has 8 nitrogen and oxygen atoms in total. The number of fused-ring (bicyclic) bond motifs is 4. The Balaban J connectivity index is 1.36. The van der Waals surface area contributed by atoms with Crippen molar-refractivity contribution in [1.82, 2.24) is 0 Å². The third kappa shape index (κ3) is 4.68. The van der Waals surface area contributed by atoms with E-state index in [0.29, 0.717) is 13.0 Å². The Morgan fingerprint density at radius 2 is 1.66 bits per heavy atom. The summed E-state index contributed by atoms with van der Waals surface area (Å²) in [5.74, 6) is -1.16. The van der Waals surface area contributed by atoms with Gasteiger partial charge in [0, 0.05) is 48.5 Å². The number of rotatable bonds is 6. The number of hydrogen-bond acceptors (Lipinski definition) is 8. The van der Waals surface area contributed by atoms with Gasteiger partial charge in [0.05, 0.1) is 25.2 Å². The lowest BCUT2D eigenvalue weighted by atomic mass is 9.36. The predicted octanol–water partition coefficient (Wildman–Crippen LogP) is 7.05. The molecule has 0 N–H and O–H groups in total. The highest BCUT2D eigenvalue weighted by Crippen LogP contribution is 2.76. The molecule has 47 heavy (non-hydrogen) atoms. The van der Waals surface area contributed by atoms with E-state index in [1.807, 2.05) is 36.6 Å². The summed E-state index contributed by atoms with van der Waals surface area (Å²) in [5.41, 5.74) is 1.40. The average molecular weight is 643 g/mol. The van der Waals surface area contributed by atoms with Crippen molar-refractivity contribution in [2.45, 2.75) is 97.6 Å². The molecular weight excluding hydrogens is 596 g/mol. The molecule has 4 fully saturated rings. The van der Waals surface area contributed by atoms with Gasteiger partial charge in [0.25, 0.3) is 0 Å². The molecule has 5 aliphatic rings. The molecule has 1 aromatic heterocycles. The van der Waals surface area contributed by atoms with Gasteiger partial charge in [-0.3, -0.25) is 9.59 Å². The zero-order chi connectivity index (χ0) is 33.4.